The van der Waals surface area contributed by atoms with Gasteiger partial charge in [-0.2, -0.15) is 0 Å². The van der Waals surface area contributed by atoms with Crippen LogP contribution in [0, 0.1) is 0 Å². The van der Waals surface area contributed by atoms with Crippen molar-refractivity contribution in [1.82, 2.24) is 10.2 Å². The number of para-hydroxylation sites is 2. The van der Waals surface area contributed by atoms with Crippen molar-refractivity contribution >= 4 is 11.6 Å². The number of carbonyl (C=O) groups is 1. The van der Waals surface area contributed by atoms with Gasteiger partial charge in [0.15, 0.2) is 0 Å². The van der Waals surface area contributed by atoms with Gasteiger partial charge in [0.25, 0.3) is 0 Å². The van der Waals surface area contributed by atoms with Crippen molar-refractivity contribution in [3.63, 3.8) is 0 Å². The van der Waals surface area contributed by atoms with Crippen molar-refractivity contribution in [3.05, 3.63) is 60.2 Å². The van der Waals surface area contributed by atoms with Crippen molar-refractivity contribution in [2.75, 3.05) is 38.2 Å². The maximum Gasteiger partial charge on any atom is 0.241 e. The summed E-state index contributed by atoms with van der Waals surface area (Å²) >= 11 is 0. The number of hydrogen-bond acceptors (Lipinski definition) is 4. The van der Waals surface area contributed by atoms with Crippen molar-refractivity contribution in [2.24, 2.45) is 0 Å². The number of methoxy groups -OCH3 is 1. The van der Waals surface area contributed by atoms with Crippen LogP contribution in [0.2, 0.25) is 0 Å². The fraction of sp³-hybridized carbons (Fsp3) is 0.409. The lowest BCUT2D eigenvalue weighted by Gasteiger charge is -2.38. The van der Waals surface area contributed by atoms with Crippen LogP contribution in [0.25, 0.3) is 0 Å². The highest BCUT2D eigenvalue weighted by Gasteiger charge is 2.30. The number of piperazine rings is 1. The summed E-state index contributed by atoms with van der Waals surface area (Å²) in [6, 6.07) is 18.2. The molecule has 0 aliphatic carbocycles. The number of amides is 1. The third-order valence-corrected chi connectivity index (χ3v) is 5.01. The smallest absolute Gasteiger partial charge is 0.241 e. The molecule has 5 heteroatoms. The first-order valence-corrected chi connectivity index (χ1v) is 9.56. The van der Waals surface area contributed by atoms with E-state index in [0.29, 0.717) is 6.54 Å². The Bertz CT molecular complexity index is 748. The zero-order valence-electron chi connectivity index (χ0n) is 16.4. The Hall–Kier alpha value is -2.37. The number of carbonyl (C=O) groups excluding carboxylic acids is 1. The van der Waals surface area contributed by atoms with Crippen molar-refractivity contribution < 1.29 is 9.53 Å². The molecule has 1 aliphatic rings. The van der Waals surface area contributed by atoms with Gasteiger partial charge in [-0.15, -0.1) is 0 Å². The molecule has 1 fully saturated rings. The molecule has 0 spiro atoms. The lowest BCUT2D eigenvalue weighted by molar-refractivity contribution is -0.120. The van der Waals surface area contributed by atoms with E-state index >= 15 is 0 Å². The van der Waals surface area contributed by atoms with Crippen molar-refractivity contribution in [3.8, 4) is 5.75 Å². The second kappa shape index (κ2) is 9.02. The van der Waals surface area contributed by atoms with E-state index < -0.39 is 0 Å². The predicted octanol–water partition coefficient (Wildman–Crippen LogP) is 3.08. The van der Waals surface area contributed by atoms with E-state index in [1.165, 1.54) is 0 Å². The second-order valence-electron chi connectivity index (χ2n) is 7.13. The predicted molar refractivity (Wildman–Crippen MR) is 109 cm³/mol. The number of hydrogen-bond donors (Lipinski definition) is 1. The zero-order chi connectivity index (χ0) is 19.2. The second-order valence-corrected chi connectivity index (χ2v) is 7.13. The van der Waals surface area contributed by atoms with E-state index in [1.54, 1.807) is 7.11 Å². The summed E-state index contributed by atoms with van der Waals surface area (Å²) in [7, 11) is 1.69. The van der Waals surface area contributed by atoms with Crippen LogP contribution in [0.4, 0.5) is 5.69 Å². The summed E-state index contributed by atoms with van der Waals surface area (Å²) in [6.07, 6.45) is 0. The lowest BCUT2D eigenvalue weighted by atomic mass is 10.0. The molecule has 1 heterocycles. The molecule has 1 atom stereocenters. The largest absolute Gasteiger partial charge is 0.496 e. The molecule has 1 amide bonds. The summed E-state index contributed by atoms with van der Waals surface area (Å²) in [5.41, 5.74) is 2.07. The molecule has 1 unspecified atom stereocenters. The quantitative estimate of drug-likeness (QED) is 0.852. The van der Waals surface area contributed by atoms with Gasteiger partial charge < -0.3 is 15.0 Å². The average Bonchev–Trinajstić information content (AvgIpc) is 2.69. The summed E-state index contributed by atoms with van der Waals surface area (Å²) in [4.78, 5) is 17.4. The number of nitrogens with zero attached hydrogens (tertiary/aromatic N) is 2. The average molecular weight is 367 g/mol. The van der Waals surface area contributed by atoms with Gasteiger partial charge in [-0.05, 0) is 32.0 Å². The highest BCUT2D eigenvalue weighted by Crippen LogP contribution is 2.30. The van der Waals surface area contributed by atoms with Gasteiger partial charge in [-0.1, -0.05) is 36.4 Å². The van der Waals surface area contributed by atoms with Gasteiger partial charge in [-0.3, -0.25) is 9.69 Å². The monoisotopic (exact) mass is 367 g/mol. The maximum absolute atomic E-state index is 13.2. The van der Waals surface area contributed by atoms with Crippen molar-refractivity contribution in [2.45, 2.75) is 25.9 Å². The minimum atomic E-state index is 0.104. The molecule has 27 heavy (non-hydrogen) atoms. The van der Waals surface area contributed by atoms with E-state index in [1.807, 2.05) is 53.4 Å². The Labute approximate surface area is 161 Å². The van der Waals surface area contributed by atoms with E-state index in [2.05, 4.69) is 30.1 Å². The first-order chi connectivity index (χ1) is 13.1. The van der Waals surface area contributed by atoms with Gasteiger partial charge in [0, 0.05) is 36.9 Å². The van der Waals surface area contributed by atoms with E-state index in [-0.39, 0.29) is 18.0 Å². The molecule has 2 aromatic rings. The number of rotatable bonds is 6. The Morgan fingerprint density at radius 1 is 1.19 bits per heavy atom. The van der Waals surface area contributed by atoms with Crippen LogP contribution in [-0.4, -0.2) is 50.1 Å². The first-order valence-electron chi connectivity index (χ1n) is 9.56. The Morgan fingerprint density at radius 2 is 1.89 bits per heavy atom. The molecule has 0 bridgehead atoms. The molecular formula is C22H29N3O2. The molecule has 144 valence electrons. The van der Waals surface area contributed by atoms with Crippen LogP contribution in [-0.2, 0) is 4.79 Å². The Kier molecular flexibility index (Phi) is 6.48. The molecule has 3 rings (SSSR count). The molecule has 0 radical (unpaired) electrons. The molecule has 1 aliphatic heterocycles. The molecule has 1 N–H and O–H groups in total. The van der Waals surface area contributed by atoms with E-state index in [0.717, 1.165) is 36.6 Å². The van der Waals surface area contributed by atoms with Gasteiger partial charge in [0.1, 0.15) is 5.75 Å². The summed E-state index contributed by atoms with van der Waals surface area (Å²) in [5.74, 6) is 0.991. The van der Waals surface area contributed by atoms with Gasteiger partial charge in [0.2, 0.25) is 5.91 Å². The van der Waals surface area contributed by atoms with Crippen LogP contribution in [0.3, 0.4) is 0 Å². The third-order valence-electron chi connectivity index (χ3n) is 5.01. The Balaban J connectivity index is 1.82. The lowest BCUT2D eigenvalue weighted by Crippen LogP contribution is -2.51. The van der Waals surface area contributed by atoms with Crippen LogP contribution in [0.15, 0.2) is 54.6 Å². The fourth-order valence-electron chi connectivity index (χ4n) is 3.75. The fourth-order valence-corrected chi connectivity index (χ4v) is 3.75. The van der Waals surface area contributed by atoms with Crippen LogP contribution < -0.4 is 15.0 Å². The molecule has 1 saturated heterocycles. The minimum absolute atomic E-state index is 0.104. The van der Waals surface area contributed by atoms with Crippen LogP contribution in [0.5, 0.6) is 5.75 Å². The highest BCUT2D eigenvalue weighted by molar-refractivity contribution is 5.95. The maximum atomic E-state index is 13.2. The van der Waals surface area contributed by atoms with Crippen LogP contribution in [0.1, 0.15) is 25.5 Å². The number of anilines is 1. The van der Waals surface area contributed by atoms with Crippen molar-refractivity contribution in [1.29, 1.82) is 0 Å². The van der Waals surface area contributed by atoms with Gasteiger partial charge in [-0.25, -0.2) is 0 Å². The number of nitrogens with one attached hydrogen (secondary N) is 1. The summed E-state index contributed by atoms with van der Waals surface area (Å²) in [6.45, 7) is 7.01. The zero-order valence-corrected chi connectivity index (χ0v) is 16.4. The normalized spacial score (nSPS) is 17.7. The standard InChI is InChI=1S/C22H29N3O2/c1-17(2)25(18-9-5-4-6-10-18)22(26)16-24-14-13-23-15-20(24)19-11-7-8-12-21(19)27-3/h4-12,17,20,23H,13-16H2,1-3H3. The van der Waals surface area contributed by atoms with Crippen LogP contribution >= 0.6 is 0 Å². The minimum Gasteiger partial charge on any atom is -0.496 e. The number of benzene rings is 2. The molecular weight excluding hydrogens is 338 g/mol. The summed E-state index contributed by atoms with van der Waals surface area (Å²) in [5, 5.41) is 3.45. The molecule has 2 aromatic carbocycles. The summed E-state index contributed by atoms with van der Waals surface area (Å²) < 4.78 is 5.56. The van der Waals surface area contributed by atoms with Gasteiger partial charge >= 0.3 is 0 Å². The Morgan fingerprint density at radius 3 is 2.59 bits per heavy atom. The molecule has 5 nitrogen and oxygen atoms in total. The third kappa shape index (κ3) is 4.49. The number of ether oxygens (including phenoxy) is 1. The van der Waals surface area contributed by atoms with E-state index in [9.17, 15) is 4.79 Å². The molecule has 0 saturated carbocycles. The SMILES string of the molecule is COc1ccccc1C1CNCCN1CC(=O)N(c1ccccc1)C(C)C. The first kappa shape index (κ1) is 19.4. The van der Waals surface area contributed by atoms with Gasteiger partial charge in [0.05, 0.1) is 19.7 Å². The topological polar surface area (TPSA) is 44.8 Å². The molecule has 0 aromatic heterocycles. The van der Waals surface area contributed by atoms with E-state index in [4.69, 9.17) is 4.74 Å². The highest BCUT2D eigenvalue weighted by atomic mass is 16.5.